The highest BCUT2D eigenvalue weighted by atomic mass is 15.1. The van der Waals surface area contributed by atoms with Gasteiger partial charge in [-0.1, -0.05) is 127 Å². The molecule has 6 aromatic carbocycles. The van der Waals surface area contributed by atoms with E-state index in [9.17, 15) is 0 Å². The molecule has 2 nitrogen and oxygen atoms in total. The highest BCUT2D eigenvalue weighted by Crippen LogP contribution is 2.49. The maximum absolute atomic E-state index is 5.00. The molecule has 1 unspecified atom stereocenters. The summed E-state index contributed by atoms with van der Waals surface area (Å²) in [6.07, 6.45) is 8.11. The summed E-state index contributed by atoms with van der Waals surface area (Å²) in [5.41, 5.74) is 13.7. The number of rotatable bonds is 4. The van der Waals surface area contributed by atoms with Crippen molar-refractivity contribution in [3.05, 3.63) is 163 Å². The summed E-state index contributed by atoms with van der Waals surface area (Å²) in [6.45, 7) is 0. The van der Waals surface area contributed by atoms with Gasteiger partial charge in [0.1, 0.15) is 5.82 Å². The minimum atomic E-state index is 0.354. The first-order chi connectivity index (χ1) is 21.3. The quantitative estimate of drug-likeness (QED) is 0.214. The van der Waals surface area contributed by atoms with Gasteiger partial charge >= 0.3 is 0 Å². The van der Waals surface area contributed by atoms with Crippen molar-refractivity contribution in [2.75, 3.05) is 0 Å². The van der Waals surface area contributed by atoms with Gasteiger partial charge < -0.3 is 0 Å². The molecule has 0 radical (unpaired) electrons. The number of aromatic nitrogens is 2. The van der Waals surface area contributed by atoms with Gasteiger partial charge in [-0.2, -0.15) is 0 Å². The minimum absolute atomic E-state index is 0.354. The number of para-hydroxylation sites is 2. The Morgan fingerprint density at radius 1 is 0.581 bits per heavy atom. The first-order valence-corrected chi connectivity index (χ1v) is 15.0. The molecule has 2 heteroatoms. The fraction of sp³-hybridized carbons (Fsp3) is 0.0488. The van der Waals surface area contributed by atoms with E-state index in [0.29, 0.717) is 5.92 Å². The van der Waals surface area contributed by atoms with Crippen LogP contribution in [0.5, 0.6) is 0 Å². The Kier molecular flexibility index (Phi) is 5.36. The van der Waals surface area contributed by atoms with Crippen LogP contribution in [0.2, 0.25) is 0 Å². The van der Waals surface area contributed by atoms with Gasteiger partial charge in [0.25, 0.3) is 0 Å². The van der Waals surface area contributed by atoms with Gasteiger partial charge in [-0.05, 0) is 80.4 Å². The minimum Gasteiger partial charge on any atom is -0.292 e. The Labute approximate surface area is 250 Å². The summed E-state index contributed by atoms with van der Waals surface area (Å²) < 4.78 is 2.27. The highest BCUT2D eigenvalue weighted by Gasteiger charge is 2.23. The van der Waals surface area contributed by atoms with Gasteiger partial charge in [0.05, 0.1) is 11.0 Å². The Hall–Kier alpha value is -5.47. The third-order valence-corrected chi connectivity index (χ3v) is 9.13. The van der Waals surface area contributed by atoms with Crippen molar-refractivity contribution in [3.8, 4) is 39.3 Å². The smallest absolute Gasteiger partial charge is 0.145 e. The zero-order chi connectivity index (χ0) is 28.3. The van der Waals surface area contributed by atoms with E-state index in [1.54, 1.807) is 0 Å². The van der Waals surface area contributed by atoms with Crippen molar-refractivity contribution in [1.82, 2.24) is 9.55 Å². The number of imidazole rings is 1. The van der Waals surface area contributed by atoms with Crippen LogP contribution in [-0.4, -0.2) is 9.55 Å². The van der Waals surface area contributed by atoms with E-state index in [0.717, 1.165) is 34.5 Å². The van der Waals surface area contributed by atoms with E-state index in [2.05, 4.69) is 150 Å². The number of allylic oxidation sites excluding steroid dienone is 4. The summed E-state index contributed by atoms with van der Waals surface area (Å²) in [6, 6.07) is 48.0. The van der Waals surface area contributed by atoms with Gasteiger partial charge in [0.15, 0.2) is 0 Å². The summed E-state index contributed by atoms with van der Waals surface area (Å²) in [5, 5.41) is 2.72. The zero-order valence-electron chi connectivity index (χ0n) is 23.6. The lowest BCUT2D eigenvalue weighted by Gasteiger charge is -2.19. The first-order valence-electron chi connectivity index (χ1n) is 15.0. The molecular formula is C41H28N2. The predicted molar refractivity (Wildman–Crippen MR) is 179 cm³/mol. The SMILES string of the molecule is C1=CC(c2ccc(-n3c(-c4ccccc4)nc4ccccc43)cc2)CC=C1c1ccc2c3c(cccc13)-c1ccccc1-2. The molecule has 0 N–H and O–H groups in total. The molecule has 1 atom stereocenters. The fourth-order valence-corrected chi connectivity index (χ4v) is 7.07. The molecule has 43 heavy (non-hydrogen) atoms. The second kappa shape index (κ2) is 9.54. The van der Waals surface area contributed by atoms with Gasteiger partial charge in [0, 0.05) is 17.2 Å². The van der Waals surface area contributed by atoms with Gasteiger partial charge in [0.2, 0.25) is 0 Å². The Bertz CT molecular complexity index is 2220. The van der Waals surface area contributed by atoms with Gasteiger partial charge in [-0.25, -0.2) is 4.98 Å². The molecule has 2 aliphatic rings. The molecule has 0 saturated carbocycles. The number of benzene rings is 6. The lowest BCUT2D eigenvalue weighted by atomic mass is 9.86. The third-order valence-electron chi connectivity index (χ3n) is 9.13. The van der Waals surface area contributed by atoms with Crippen molar-refractivity contribution >= 4 is 27.4 Å². The number of fused-ring (bicyclic) bond motifs is 4. The molecule has 202 valence electrons. The summed E-state index contributed by atoms with van der Waals surface area (Å²) >= 11 is 0. The number of nitrogens with zero attached hydrogens (tertiary/aromatic N) is 2. The largest absolute Gasteiger partial charge is 0.292 e. The Morgan fingerprint density at radius 3 is 2.07 bits per heavy atom. The molecule has 1 aromatic heterocycles. The van der Waals surface area contributed by atoms with Crippen LogP contribution in [0, 0.1) is 0 Å². The summed E-state index contributed by atoms with van der Waals surface area (Å²) in [4.78, 5) is 5.00. The van der Waals surface area contributed by atoms with Crippen LogP contribution < -0.4 is 0 Å². The molecule has 9 rings (SSSR count). The van der Waals surface area contributed by atoms with Crippen LogP contribution in [0.1, 0.15) is 23.5 Å². The van der Waals surface area contributed by atoms with Crippen LogP contribution in [0.15, 0.2) is 152 Å². The standard InChI is InChI=1S/C41H28N2/c1-2-9-30(10-3-1)41-42-38-15-6-7-16-39(38)43(41)31-23-21-28(22-24-31)27-17-19-29(20-18-27)32-25-26-37-34-12-5-4-11-33(34)36-14-8-13-35(32)40(36)37/h1-17,19-27H,18H2. The molecule has 2 aliphatic carbocycles. The molecule has 0 spiro atoms. The van der Waals surface area contributed by atoms with Crippen LogP contribution in [0.3, 0.4) is 0 Å². The molecule has 0 bridgehead atoms. The lowest BCUT2D eigenvalue weighted by Crippen LogP contribution is -2.01. The van der Waals surface area contributed by atoms with Crippen molar-refractivity contribution in [3.63, 3.8) is 0 Å². The Balaban J connectivity index is 1.03. The second-order valence-electron chi connectivity index (χ2n) is 11.5. The van der Waals surface area contributed by atoms with Crippen molar-refractivity contribution in [1.29, 1.82) is 0 Å². The third kappa shape index (κ3) is 3.77. The van der Waals surface area contributed by atoms with Crippen LogP contribution in [0.25, 0.3) is 66.7 Å². The summed E-state index contributed by atoms with van der Waals surface area (Å²) in [5.74, 6) is 1.32. The maximum Gasteiger partial charge on any atom is 0.145 e. The highest BCUT2D eigenvalue weighted by molar-refractivity contribution is 6.17. The molecule has 1 heterocycles. The van der Waals surface area contributed by atoms with E-state index in [-0.39, 0.29) is 0 Å². The van der Waals surface area contributed by atoms with Gasteiger partial charge in [-0.3, -0.25) is 4.57 Å². The summed E-state index contributed by atoms with van der Waals surface area (Å²) in [7, 11) is 0. The number of hydrogen-bond acceptors (Lipinski definition) is 1. The molecule has 7 aromatic rings. The molecule has 0 saturated heterocycles. The van der Waals surface area contributed by atoms with Gasteiger partial charge in [-0.15, -0.1) is 0 Å². The van der Waals surface area contributed by atoms with E-state index in [1.807, 2.05) is 6.07 Å². The van der Waals surface area contributed by atoms with Crippen LogP contribution >= 0.6 is 0 Å². The zero-order valence-corrected chi connectivity index (χ0v) is 23.6. The lowest BCUT2D eigenvalue weighted by molar-refractivity contribution is 0.856. The van der Waals surface area contributed by atoms with E-state index < -0.39 is 0 Å². The molecule has 0 amide bonds. The van der Waals surface area contributed by atoms with Crippen molar-refractivity contribution in [2.45, 2.75) is 12.3 Å². The normalized spacial score (nSPS) is 15.2. The molecular weight excluding hydrogens is 520 g/mol. The Morgan fingerprint density at radius 2 is 1.28 bits per heavy atom. The van der Waals surface area contributed by atoms with E-state index in [1.165, 1.54) is 49.7 Å². The monoisotopic (exact) mass is 548 g/mol. The molecule has 0 fully saturated rings. The predicted octanol–water partition coefficient (Wildman–Crippen LogP) is 10.6. The molecule has 0 aliphatic heterocycles. The maximum atomic E-state index is 5.00. The topological polar surface area (TPSA) is 17.8 Å². The number of hydrogen-bond donors (Lipinski definition) is 0. The van der Waals surface area contributed by atoms with E-state index in [4.69, 9.17) is 4.98 Å². The van der Waals surface area contributed by atoms with Crippen LogP contribution in [0.4, 0.5) is 0 Å². The van der Waals surface area contributed by atoms with Crippen molar-refractivity contribution in [2.24, 2.45) is 0 Å². The van der Waals surface area contributed by atoms with Crippen molar-refractivity contribution < 1.29 is 0 Å². The van der Waals surface area contributed by atoms with Crippen LogP contribution in [-0.2, 0) is 0 Å². The average molecular weight is 549 g/mol. The fourth-order valence-electron chi connectivity index (χ4n) is 7.07. The van der Waals surface area contributed by atoms with E-state index >= 15 is 0 Å². The first kappa shape index (κ1) is 24.2. The average Bonchev–Trinajstić information content (AvgIpc) is 3.63. The second-order valence-corrected chi connectivity index (χ2v) is 11.5.